The highest BCUT2D eigenvalue weighted by Gasteiger charge is 2.47. The van der Waals surface area contributed by atoms with Crippen LogP contribution in [-0.2, 0) is 10.2 Å². The van der Waals surface area contributed by atoms with Gasteiger partial charge in [0.05, 0.1) is 17.1 Å². The third kappa shape index (κ3) is 3.29. The summed E-state index contributed by atoms with van der Waals surface area (Å²) in [6.45, 7) is 4.48. The molecule has 0 bridgehead atoms. The van der Waals surface area contributed by atoms with Gasteiger partial charge in [-0.2, -0.15) is 0 Å². The second-order valence-electron chi connectivity index (χ2n) is 6.75. The third-order valence-electron chi connectivity index (χ3n) is 4.82. The van der Waals surface area contributed by atoms with E-state index < -0.39 is 5.41 Å². The summed E-state index contributed by atoms with van der Waals surface area (Å²) >= 11 is 0. The molecule has 1 heterocycles. The molecule has 0 aliphatic carbocycles. The monoisotopic (exact) mass is 362 g/mol. The molecule has 1 atom stereocenters. The van der Waals surface area contributed by atoms with Crippen LogP contribution in [0.25, 0.3) is 0 Å². The SMILES string of the molecule is CNCC[C@H](c1ccccc1)N1C(=O)C(C)(C)c2cccc(F)c21.Cl. The quantitative estimate of drug-likeness (QED) is 0.863. The minimum Gasteiger partial charge on any atom is -0.320 e. The number of amides is 1. The number of halogens is 2. The Morgan fingerprint density at radius 2 is 1.80 bits per heavy atom. The van der Waals surface area contributed by atoms with Gasteiger partial charge in [-0.05, 0) is 51.1 Å². The van der Waals surface area contributed by atoms with Crippen molar-refractivity contribution in [1.29, 1.82) is 0 Å². The normalized spacial score (nSPS) is 16.3. The number of carbonyl (C=O) groups is 1. The molecule has 0 saturated carbocycles. The molecule has 1 N–H and O–H groups in total. The van der Waals surface area contributed by atoms with Gasteiger partial charge in [-0.25, -0.2) is 4.39 Å². The molecular weight excluding hydrogens is 339 g/mol. The Morgan fingerprint density at radius 1 is 1.12 bits per heavy atom. The van der Waals surface area contributed by atoms with Gasteiger partial charge in [-0.3, -0.25) is 4.79 Å². The van der Waals surface area contributed by atoms with Crippen LogP contribution in [0.2, 0.25) is 0 Å². The second kappa shape index (κ2) is 7.54. The molecule has 1 aliphatic rings. The van der Waals surface area contributed by atoms with Crippen molar-refractivity contribution in [3.63, 3.8) is 0 Å². The van der Waals surface area contributed by atoms with Crippen LogP contribution in [0, 0.1) is 5.82 Å². The predicted octanol–water partition coefficient (Wildman–Crippen LogP) is 4.22. The summed E-state index contributed by atoms with van der Waals surface area (Å²) in [6, 6.07) is 14.6. The fourth-order valence-electron chi connectivity index (χ4n) is 3.48. The van der Waals surface area contributed by atoms with E-state index in [1.54, 1.807) is 11.0 Å². The highest BCUT2D eigenvalue weighted by Crippen LogP contribution is 2.47. The van der Waals surface area contributed by atoms with E-state index in [-0.39, 0.29) is 30.2 Å². The Balaban J connectivity index is 0.00000225. The summed E-state index contributed by atoms with van der Waals surface area (Å²) in [4.78, 5) is 14.8. The number of fused-ring (bicyclic) bond motifs is 1. The highest BCUT2D eigenvalue weighted by molar-refractivity contribution is 6.08. The van der Waals surface area contributed by atoms with Crippen LogP contribution >= 0.6 is 12.4 Å². The molecule has 3 nitrogen and oxygen atoms in total. The van der Waals surface area contributed by atoms with Crippen LogP contribution < -0.4 is 10.2 Å². The molecule has 0 spiro atoms. The average Bonchev–Trinajstić information content (AvgIpc) is 2.78. The lowest BCUT2D eigenvalue weighted by Crippen LogP contribution is -2.39. The van der Waals surface area contributed by atoms with Gasteiger partial charge < -0.3 is 10.2 Å². The van der Waals surface area contributed by atoms with Crippen molar-refractivity contribution in [1.82, 2.24) is 5.32 Å². The first kappa shape index (κ1) is 19.4. The zero-order valence-corrected chi connectivity index (χ0v) is 15.6. The summed E-state index contributed by atoms with van der Waals surface area (Å²) < 4.78 is 14.6. The van der Waals surface area contributed by atoms with E-state index >= 15 is 0 Å². The predicted molar refractivity (Wildman–Crippen MR) is 102 cm³/mol. The van der Waals surface area contributed by atoms with Gasteiger partial charge >= 0.3 is 0 Å². The maximum absolute atomic E-state index is 14.6. The Morgan fingerprint density at radius 3 is 2.44 bits per heavy atom. The van der Waals surface area contributed by atoms with E-state index in [0.29, 0.717) is 5.69 Å². The van der Waals surface area contributed by atoms with Crippen molar-refractivity contribution in [2.75, 3.05) is 18.5 Å². The number of rotatable bonds is 5. The van der Waals surface area contributed by atoms with Gasteiger partial charge in [0.15, 0.2) is 0 Å². The maximum atomic E-state index is 14.6. The lowest BCUT2D eigenvalue weighted by atomic mass is 9.86. The molecule has 2 aromatic carbocycles. The molecule has 25 heavy (non-hydrogen) atoms. The smallest absolute Gasteiger partial charge is 0.237 e. The maximum Gasteiger partial charge on any atom is 0.237 e. The van der Waals surface area contributed by atoms with Gasteiger partial charge in [0.25, 0.3) is 0 Å². The standard InChI is InChI=1S/C20H23FN2O.ClH/c1-20(2)15-10-7-11-16(21)18(15)23(19(20)24)17(12-13-22-3)14-8-5-4-6-9-14;/h4-11,17,22H,12-13H2,1-3H3;1H/t17-;/m1./s1. The van der Waals surface area contributed by atoms with Gasteiger partial charge in [0.1, 0.15) is 5.82 Å². The fourth-order valence-corrected chi connectivity index (χ4v) is 3.48. The van der Waals surface area contributed by atoms with Gasteiger partial charge in [0, 0.05) is 0 Å². The number of para-hydroxylation sites is 1. The van der Waals surface area contributed by atoms with Crippen LogP contribution in [0.5, 0.6) is 0 Å². The molecule has 0 saturated heterocycles. The topological polar surface area (TPSA) is 32.3 Å². The lowest BCUT2D eigenvalue weighted by Gasteiger charge is -2.30. The summed E-state index contributed by atoms with van der Waals surface area (Å²) in [6.07, 6.45) is 0.718. The first-order valence-electron chi connectivity index (χ1n) is 8.30. The number of anilines is 1. The van der Waals surface area contributed by atoms with E-state index in [1.165, 1.54) is 6.07 Å². The molecule has 134 valence electrons. The zero-order valence-electron chi connectivity index (χ0n) is 14.8. The van der Waals surface area contributed by atoms with Crippen LogP contribution in [0.1, 0.15) is 37.4 Å². The molecule has 0 fully saturated rings. The van der Waals surface area contributed by atoms with Crippen LogP contribution in [0.3, 0.4) is 0 Å². The van der Waals surface area contributed by atoms with Gasteiger partial charge in [-0.15, -0.1) is 12.4 Å². The van der Waals surface area contributed by atoms with Crippen molar-refractivity contribution in [3.05, 3.63) is 65.5 Å². The van der Waals surface area contributed by atoms with Crippen LogP contribution in [-0.4, -0.2) is 19.5 Å². The van der Waals surface area contributed by atoms with Crippen molar-refractivity contribution < 1.29 is 9.18 Å². The number of nitrogens with one attached hydrogen (secondary N) is 1. The summed E-state index contributed by atoms with van der Waals surface area (Å²) in [5.41, 5.74) is 1.49. The number of nitrogens with zero attached hydrogens (tertiary/aromatic N) is 1. The van der Waals surface area contributed by atoms with E-state index in [2.05, 4.69) is 5.32 Å². The van der Waals surface area contributed by atoms with Crippen LogP contribution in [0.4, 0.5) is 10.1 Å². The van der Waals surface area contributed by atoms with E-state index in [0.717, 1.165) is 24.1 Å². The van der Waals surface area contributed by atoms with E-state index in [1.807, 2.05) is 57.3 Å². The Kier molecular flexibility index (Phi) is 5.86. The molecule has 3 rings (SSSR count). The molecular formula is C20H24ClFN2O. The Hall–Kier alpha value is -1.91. The first-order chi connectivity index (χ1) is 11.5. The molecule has 0 unspecified atom stereocenters. The van der Waals surface area contributed by atoms with Crippen molar-refractivity contribution in [3.8, 4) is 0 Å². The number of hydrogen-bond donors (Lipinski definition) is 1. The summed E-state index contributed by atoms with van der Waals surface area (Å²) in [7, 11) is 1.88. The van der Waals surface area contributed by atoms with Gasteiger partial charge in [0.2, 0.25) is 5.91 Å². The third-order valence-corrected chi connectivity index (χ3v) is 4.82. The van der Waals surface area contributed by atoms with Gasteiger partial charge in [-0.1, -0.05) is 42.5 Å². The molecule has 2 aromatic rings. The zero-order chi connectivity index (χ0) is 17.3. The Bertz CT molecular complexity index is 749. The summed E-state index contributed by atoms with van der Waals surface area (Å²) in [5.74, 6) is -0.385. The summed E-state index contributed by atoms with van der Waals surface area (Å²) in [5, 5.41) is 3.13. The molecule has 1 amide bonds. The van der Waals surface area contributed by atoms with E-state index in [9.17, 15) is 9.18 Å². The molecule has 5 heteroatoms. The Labute approximate surface area is 154 Å². The molecule has 0 aromatic heterocycles. The van der Waals surface area contributed by atoms with Crippen LogP contribution in [0.15, 0.2) is 48.5 Å². The average molecular weight is 363 g/mol. The molecule has 1 aliphatic heterocycles. The number of carbonyl (C=O) groups excluding carboxylic acids is 1. The van der Waals surface area contributed by atoms with Crippen molar-refractivity contribution in [2.24, 2.45) is 0 Å². The minimum absolute atomic E-state index is 0. The largest absolute Gasteiger partial charge is 0.320 e. The number of benzene rings is 2. The highest BCUT2D eigenvalue weighted by atomic mass is 35.5. The minimum atomic E-state index is -0.718. The second-order valence-corrected chi connectivity index (χ2v) is 6.75. The van der Waals surface area contributed by atoms with Crippen molar-refractivity contribution in [2.45, 2.75) is 31.7 Å². The fraction of sp³-hybridized carbons (Fsp3) is 0.350. The van der Waals surface area contributed by atoms with Crippen molar-refractivity contribution >= 4 is 24.0 Å². The lowest BCUT2D eigenvalue weighted by molar-refractivity contribution is -0.122. The number of hydrogen-bond acceptors (Lipinski definition) is 2. The molecule has 0 radical (unpaired) electrons. The first-order valence-corrected chi connectivity index (χ1v) is 8.30. The van der Waals surface area contributed by atoms with E-state index in [4.69, 9.17) is 0 Å².